The highest BCUT2D eigenvalue weighted by Crippen LogP contribution is 2.22. The van der Waals surface area contributed by atoms with E-state index in [0.29, 0.717) is 18.4 Å². The molecule has 3 heteroatoms. The van der Waals surface area contributed by atoms with E-state index in [0.717, 1.165) is 10.9 Å². The molecule has 1 heterocycles. The third-order valence-electron chi connectivity index (χ3n) is 2.34. The van der Waals surface area contributed by atoms with Crippen LogP contribution in [0.4, 0.5) is 4.39 Å². The molecular weight excluding hydrogens is 195 g/mol. The summed E-state index contributed by atoms with van der Waals surface area (Å²) in [5.41, 5.74) is 1.43. The minimum Gasteiger partial charge on any atom is -0.464 e. The first kappa shape index (κ1) is 9.90. The molecule has 0 radical (unpaired) electrons. The molecule has 2 rings (SSSR count). The van der Waals surface area contributed by atoms with Crippen LogP contribution >= 0.6 is 0 Å². The van der Waals surface area contributed by atoms with Crippen molar-refractivity contribution in [3.63, 3.8) is 0 Å². The molecule has 1 aromatic carbocycles. The number of hydrogen-bond donors (Lipinski definition) is 0. The summed E-state index contributed by atoms with van der Waals surface area (Å²) in [5, 5.41) is 0.744. The maximum absolute atomic E-state index is 13.2. The third kappa shape index (κ3) is 2.06. The molecule has 0 amide bonds. The molecule has 0 aliphatic rings. The van der Waals surface area contributed by atoms with Crippen LogP contribution < -0.4 is 0 Å². The highest BCUT2D eigenvalue weighted by molar-refractivity contribution is 5.81. The summed E-state index contributed by atoms with van der Waals surface area (Å²) in [6.45, 7) is 1.53. The van der Waals surface area contributed by atoms with Gasteiger partial charge in [-0.1, -0.05) is 0 Å². The molecule has 0 saturated carbocycles. The van der Waals surface area contributed by atoms with E-state index in [1.165, 1.54) is 25.3 Å². The van der Waals surface area contributed by atoms with Gasteiger partial charge in [0.05, 0.1) is 6.26 Å². The normalized spacial score (nSPS) is 10.8. The van der Waals surface area contributed by atoms with Crippen LogP contribution in [0.15, 0.2) is 28.9 Å². The Labute approximate surface area is 86.7 Å². The number of halogens is 1. The third-order valence-corrected chi connectivity index (χ3v) is 2.34. The number of carbonyl (C=O) groups excluding carboxylic acids is 1. The fraction of sp³-hybridized carbons (Fsp3) is 0.250. The number of rotatable bonds is 3. The molecule has 0 saturated heterocycles. The van der Waals surface area contributed by atoms with Gasteiger partial charge in [-0.25, -0.2) is 4.39 Å². The van der Waals surface area contributed by atoms with Crippen molar-refractivity contribution in [2.45, 2.75) is 19.8 Å². The number of aryl methyl sites for hydroxylation is 1. The first-order valence-electron chi connectivity index (χ1n) is 4.82. The maximum atomic E-state index is 13.2. The van der Waals surface area contributed by atoms with Crippen molar-refractivity contribution >= 4 is 16.8 Å². The van der Waals surface area contributed by atoms with E-state index in [1.807, 2.05) is 0 Å². The Morgan fingerprint density at radius 1 is 1.47 bits per heavy atom. The molecule has 0 fully saturated rings. The van der Waals surface area contributed by atoms with E-state index < -0.39 is 0 Å². The second-order valence-electron chi connectivity index (χ2n) is 3.61. The van der Waals surface area contributed by atoms with Gasteiger partial charge in [0, 0.05) is 11.8 Å². The second kappa shape index (κ2) is 3.85. The summed E-state index contributed by atoms with van der Waals surface area (Å²) < 4.78 is 18.4. The van der Waals surface area contributed by atoms with Gasteiger partial charge in [0.2, 0.25) is 0 Å². The molecule has 2 nitrogen and oxygen atoms in total. The quantitative estimate of drug-likeness (QED) is 0.772. The van der Waals surface area contributed by atoms with E-state index >= 15 is 0 Å². The van der Waals surface area contributed by atoms with Gasteiger partial charge in [0.15, 0.2) is 0 Å². The highest BCUT2D eigenvalue weighted by Gasteiger charge is 2.07. The lowest BCUT2D eigenvalue weighted by molar-refractivity contribution is -0.116. The van der Waals surface area contributed by atoms with E-state index in [-0.39, 0.29) is 11.6 Å². The summed E-state index contributed by atoms with van der Waals surface area (Å²) in [5.74, 6) is -0.193. The molecule has 1 aromatic heterocycles. The predicted molar refractivity (Wildman–Crippen MR) is 55.2 cm³/mol. The fourth-order valence-corrected chi connectivity index (χ4v) is 1.61. The summed E-state index contributed by atoms with van der Waals surface area (Å²) in [6, 6.07) is 4.57. The van der Waals surface area contributed by atoms with E-state index in [2.05, 4.69) is 0 Å². The number of fused-ring (bicyclic) bond motifs is 1. The predicted octanol–water partition coefficient (Wildman–Crippen LogP) is 3.09. The van der Waals surface area contributed by atoms with Gasteiger partial charge in [-0.3, -0.25) is 0 Å². The molecule has 0 spiro atoms. The van der Waals surface area contributed by atoms with Crippen molar-refractivity contribution in [1.29, 1.82) is 0 Å². The van der Waals surface area contributed by atoms with Crippen LogP contribution in [0.25, 0.3) is 11.0 Å². The number of hydrogen-bond acceptors (Lipinski definition) is 2. The van der Waals surface area contributed by atoms with Gasteiger partial charge in [0.25, 0.3) is 0 Å². The highest BCUT2D eigenvalue weighted by atomic mass is 19.1. The van der Waals surface area contributed by atoms with Crippen molar-refractivity contribution in [1.82, 2.24) is 0 Å². The largest absolute Gasteiger partial charge is 0.464 e. The van der Waals surface area contributed by atoms with Gasteiger partial charge in [-0.15, -0.1) is 0 Å². The smallest absolute Gasteiger partial charge is 0.137 e. The van der Waals surface area contributed by atoms with Crippen molar-refractivity contribution < 1.29 is 13.6 Å². The molecular formula is C12H11FO2. The van der Waals surface area contributed by atoms with E-state index in [9.17, 15) is 9.18 Å². The molecule has 0 aliphatic carbocycles. The zero-order chi connectivity index (χ0) is 10.8. The van der Waals surface area contributed by atoms with Crippen molar-refractivity contribution in [3.05, 3.63) is 35.8 Å². The first-order valence-corrected chi connectivity index (χ1v) is 4.82. The Hall–Kier alpha value is -1.64. The second-order valence-corrected chi connectivity index (χ2v) is 3.61. The minimum absolute atomic E-state index is 0.0963. The van der Waals surface area contributed by atoms with Crippen molar-refractivity contribution in [2.24, 2.45) is 0 Å². The van der Waals surface area contributed by atoms with E-state index in [4.69, 9.17) is 4.42 Å². The number of furan rings is 1. The lowest BCUT2D eigenvalue weighted by Crippen LogP contribution is -1.95. The number of Topliss-reactive ketones (excluding diaryl/α,β-unsaturated/α-hetero) is 1. The Bertz CT molecular complexity index is 499. The summed E-state index contributed by atoms with van der Waals surface area (Å²) in [4.78, 5) is 10.9. The van der Waals surface area contributed by atoms with Gasteiger partial charge >= 0.3 is 0 Å². The number of benzene rings is 1. The molecule has 0 aliphatic heterocycles. The average Bonchev–Trinajstić information content (AvgIpc) is 2.61. The van der Waals surface area contributed by atoms with Crippen molar-refractivity contribution in [2.75, 3.05) is 0 Å². The van der Waals surface area contributed by atoms with Crippen LogP contribution in [-0.4, -0.2) is 5.78 Å². The number of carbonyl (C=O) groups is 1. The summed E-state index contributed by atoms with van der Waals surface area (Å²) in [6.07, 6.45) is 2.47. The summed E-state index contributed by atoms with van der Waals surface area (Å²) >= 11 is 0. The van der Waals surface area contributed by atoms with E-state index in [1.54, 1.807) is 6.07 Å². The SMILES string of the molecule is CC(=O)CCc1cc(F)cc2ccoc12. The molecule has 0 N–H and O–H groups in total. The molecule has 78 valence electrons. The first-order chi connectivity index (χ1) is 7.16. The topological polar surface area (TPSA) is 30.2 Å². The summed E-state index contributed by atoms with van der Waals surface area (Å²) in [7, 11) is 0. The minimum atomic E-state index is -0.289. The van der Waals surface area contributed by atoms with Gasteiger partial charge in [-0.05, 0) is 37.1 Å². The van der Waals surface area contributed by atoms with Gasteiger partial charge < -0.3 is 9.21 Å². The average molecular weight is 206 g/mol. The molecule has 0 unspecified atom stereocenters. The molecule has 15 heavy (non-hydrogen) atoms. The molecule has 2 aromatic rings. The standard InChI is InChI=1S/C12H11FO2/c1-8(14)2-3-9-6-11(13)7-10-4-5-15-12(9)10/h4-7H,2-3H2,1H3. The van der Waals surface area contributed by atoms with Crippen LogP contribution in [0.1, 0.15) is 18.9 Å². The fourth-order valence-electron chi connectivity index (χ4n) is 1.61. The number of ketones is 1. The molecule has 0 atom stereocenters. The van der Waals surface area contributed by atoms with Crippen LogP contribution in [0.3, 0.4) is 0 Å². The lowest BCUT2D eigenvalue weighted by Gasteiger charge is -2.01. The van der Waals surface area contributed by atoms with Gasteiger partial charge in [0.1, 0.15) is 17.2 Å². The van der Waals surface area contributed by atoms with Crippen molar-refractivity contribution in [3.8, 4) is 0 Å². The van der Waals surface area contributed by atoms with Gasteiger partial charge in [-0.2, -0.15) is 0 Å². The maximum Gasteiger partial charge on any atom is 0.137 e. The van der Waals surface area contributed by atoms with Crippen LogP contribution in [0, 0.1) is 5.82 Å². The van der Waals surface area contributed by atoms with Crippen LogP contribution in [-0.2, 0) is 11.2 Å². The van der Waals surface area contributed by atoms with Crippen LogP contribution in [0.5, 0.6) is 0 Å². The Balaban J connectivity index is 2.39. The Kier molecular flexibility index (Phi) is 2.54. The zero-order valence-electron chi connectivity index (χ0n) is 8.42. The Morgan fingerprint density at radius 2 is 2.27 bits per heavy atom. The molecule has 0 bridgehead atoms. The zero-order valence-corrected chi connectivity index (χ0v) is 8.42. The Morgan fingerprint density at radius 3 is 3.00 bits per heavy atom. The lowest BCUT2D eigenvalue weighted by atomic mass is 10.1. The monoisotopic (exact) mass is 206 g/mol. The van der Waals surface area contributed by atoms with Crippen LogP contribution in [0.2, 0.25) is 0 Å².